The summed E-state index contributed by atoms with van der Waals surface area (Å²) in [7, 11) is 1.65. The molecule has 1 aromatic carbocycles. The molecule has 0 saturated heterocycles. The van der Waals surface area contributed by atoms with Gasteiger partial charge < -0.3 is 10.1 Å². The Morgan fingerprint density at radius 2 is 2.00 bits per heavy atom. The quantitative estimate of drug-likeness (QED) is 0.795. The standard InChI is InChI=1S/C12H16BrCl2NO/c1-12(7-14,8-15)16-6-9-5-10(17-2)3-4-11(9)13/h3-5,16H,6-8H2,1-2H3. The molecule has 0 radical (unpaired) electrons. The van der Waals surface area contributed by atoms with E-state index in [0.29, 0.717) is 18.3 Å². The Morgan fingerprint density at radius 3 is 2.53 bits per heavy atom. The fourth-order valence-electron chi connectivity index (χ4n) is 1.25. The van der Waals surface area contributed by atoms with E-state index >= 15 is 0 Å². The van der Waals surface area contributed by atoms with E-state index in [0.717, 1.165) is 15.8 Å². The molecule has 0 bridgehead atoms. The molecule has 1 aromatic rings. The maximum absolute atomic E-state index is 5.89. The largest absolute Gasteiger partial charge is 0.497 e. The minimum absolute atomic E-state index is 0.258. The third-order valence-electron chi connectivity index (χ3n) is 2.55. The van der Waals surface area contributed by atoms with E-state index in [9.17, 15) is 0 Å². The number of nitrogens with one attached hydrogen (secondary N) is 1. The number of halogens is 3. The van der Waals surface area contributed by atoms with Gasteiger partial charge in [0.1, 0.15) is 5.75 Å². The predicted octanol–water partition coefficient (Wildman–Crippen LogP) is 3.78. The van der Waals surface area contributed by atoms with Crippen molar-refractivity contribution in [3.63, 3.8) is 0 Å². The zero-order valence-electron chi connectivity index (χ0n) is 9.90. The van der Waals surface area contributed by atoms with Gasteiger partial charge in [0.05, 0.1) is 7.11 Å². The number of hydrogen-bond donors (Lipinski definition) is 1. The number of methoxy groups -OCH3 is 1. The first-order valence-electron chi connectivity index (χ1n) is 5.24. The van der Waals surface area contributed by atoms with E-state index in [4.69, 9.17) is 27.9 Å². The Bertz CT molecular complexity index is 370. The van der Waals surface area contributed by atoms with Crippen molar-refractivity contribution >= 4 is 39.1 Å². The third kappa shape index (κ3) is 4.32. The normalized spacial score (nSPS) is 11.6. The number of hydrogen-bond acceptors (Lipinski definition) is 2. The first-order valence-corrected chi connectivity index (χ1v) is 7.10. The summed E-state index contributed by atoms with van der Waals surface area (Å²) < 4.78 is 6.23. The van der Waals surface area contributed by atoms with E-state index in [2.05, 4.69) is 21.2 Å². The van der Waals surface area contributed by atoms with Crippen molar-refractivity contribution in [3.8, 4) is 5.75 Å². The van der Waals surface area contributed by atoms with E-state index in [1.165, 1.54) is 0 Å². The van der Waals surface area contributed by atoms with Crippen molar-refractivity contribution in [3.05, 3.63) is 28.2 Å². The van der Waals surface area contributed by atoms with Crippen LogP contribution in [0.1, 0.15) is 12.5 Å². The monoisotopic (exact) mass is 339 g/mol. The highest BCUT2D eigenvalue weighted by atomic mass is 79.9. The fraction of sp³-hybridized carbons (Fsp3) is 0.500. The summed E-state index contributed by atoms with van der Waals surface area (Å²) in [6.07, 6.45) is 0. The molecule has 5 heteroatoms. The number of benzene rings is 1. The van der Waals surface area contributed by atoms with E-state index < -0.39 is 0 Å². The van der Waals surface area contributed by atoms with Crippen LogP contribution in [0.25, 0.3) is 0 Å². The maximum atomic E-state index is 5.89. The minimum atomic E-state index is -0.258. The van der Waals surface area contributed by atoms with Gasteiger partial charge in [0, 0.05) is 28.3 Å². The molecule has 0 spiro atoms. The summed E-state index contributed by atoms with van der Waals surface area (Å²) in [4.78, 5) is 0. The van der Waals surface area contributed by atoms with Crippen molar-refractivity contribution in [2.75, 3.05) is 18.9 Å². The molecule has 0 aliphatic carbocycles. The van der Waals surface area contributed by atoms with Gasteiger partial charge in [0.2, 0.25) is 0 Å². The second-order valence-corrected chi connectivity index (χ2v) is 5.53. The number of alkyl halides is 2. The number of rotatable bonds is 6. The van der Waals surface area contributed by atoms with Crippen LogP contribution < -0.4 is 10.1 Å². The average Bonchev–Trinajstić information content (AvgIpc) is 2.37. The molecular formula is C12H16BrCl2NO. The first-order chi connectivity index (χ1) is 8.04. The lowest BCUT2D eigenvalue weighted by Gasteiger charge is -2.26. The van der Waals surface area contributed by atoms with Crippen LogP contribution in [0.15, 0.2) is 22.7 Å². The van der Waals surface area contributed by atoms with Crippen molar-refractivity contribution < 1.29 is 4.74 Å². The van der Waals surface area contributed by atoms with Crippen LogP contribution in [-0.2, 0) is 6.54 Å². The van der Waals surface area contributed by atoms with E-state index in [1.807, 2.05) is 25.1 Å². The van der Waals surface area contributed by atoms with Crippen LogP contribution in [0.5, 0.6) is 5.75 Å². The third-order valence-corrected chi connectivity index (χ3v) is 4.50. The van der Waals surface area contributed by atoms with Gasteiger partial charge in [-0.05, 0) is 30.7 Å². The Kier molecular flexibility index (Phi) is 6.07. The molecule has 1 rings (SSSR count). The van der Waals surface area contributed by atoms with E-state index in [1.54, 1.807) is 7.11 Å². The maximum Gasteiger partial charge on any atom is 0.119 e. The summed E-state index contributed by atoms with van der Waals surface area (Å²) >= 11 is 15.3. The average molecular weight is 341 g/mol. The summed E-state index contributed by atoms with van der Waals surface area (Å²) in [6, 6.07) is 5.87. The smallest absolute Gasteiger partial charge is 0.119 e. The van der Waals surface area contributed by atoms with E-state index in [-0.39, 0.29) is 5.54 Å². The second-order valence-electron chi connectivity index (χ2n) is 4.14. The summed E-state index contributed by atoms with van der Waals surface area (Å²) in [5.74, 6) is 1.78. The lowest BCUT2D eigenvalue weighted by Crippen LogP contribution is -2.45. The lowest BCUT2D eigenvalue weighted by molar-refractivity contribution is 0.411. The molecule has 0 fully saturated rings. The van der Waals surface area contributed by atoms with Gasteiger partial charge >= 0.3 is 0 Å². The van der Waals surface area contributed by atoms with Crippen molar-refractivity contribution in [1.82, 2.24) is 5.32 Å². The molecule has 0 aliphatic rings. The molecule has 96 valence electrons. The van der Waals surface area contributed by atoms with Crippen LogP contribution in [0.2, 0.25) is 0 Å². The molecule has 0 amide bonds. The molecule has 0 aromatic heterocycles. The highest BCUT2D eigenvalue weighted by Crippen LogP contribution is 2.23. The minimum Gasteiger partial charge on any atom is -0.497 e. The lowest BCUT2D eigenvalue weighted by atomic mass is 10.1. The fourth-order valence-corrected chi connectivity index (χ4v) is 2.11. The molecule has 0 aliphatic heterocycles. The molecular weight excluding hydrogens is 325 g/mol. The Hall–Kier alpha value is 0.0400. The van der Waals surface area contributed by atoms with Gasteiger partial charge in [-0.15, -0.1) is 23.2 Å². The van der Waals surface area contributed by atoms with Crippen LogP contribution in [0.3, 0.4) is 0 Å². The SMILES string of the molecule is COc1ccc(Br)c(CNC(C)(CCl)CCl)c1. The number of ether oxygens (including phenoxy) is 1. The zero-order chi connectivity index (χ0) is 12.9. The molecule has 2 nitrogen and oxygen atoms in total. The zero-order valence-corrected chi connectivity index (χ0v) is 13.0. The highest BCUT2D eigenvalue weighted by Gasteiger charge is 2.21. The van der Waals surface area contributed by atoms with Crippen molar-refractivity contribution in [2.24, 2.45) is 0 Å². The topological polar surface area (TPSA) is 21.3 Å². The Balaban J connectivity index is 2.74. The van der Waals surface area contributed by atoms with Crippen molar-refractivity contribution in [2.45, 2.75) is 19.0 Å². The van der Waals surface area contributed by atoms with Gasteiger partial charge in [-0.1, -0.05) is 15.9 Å². The second kappa shape index (κ2) is 6.83. The van der Waals surface area contributed by atoms with Crippen LogP contribution in [0, 0.1) is 0 Å². The van der Waals surface area contributed by atoms with Gasteiger partial charge in [-0.3, -0.25) is 0 Å². The van der Waals surface area contributed by atoms with Crippen LogP contribution in [0.4, 0.5) is 0 Å². The van der Waals surface area contributed by atoms with Gasteiger partial charge in [0.15, 0.2) is 0 Å². The molecule has 0 unspecified atom stereocenters. The van der Waals surface area contributed by atoms with Crippen LogP contribution >= 0.6 is 39.1 Å². The highest BCUT2D eigenvalue weighted by molar-refractivity contribution is 9.10. The molecule has 17 heavy (non-hydrogen) atoms. The molecule has 0 saturated carbocycles. The Labute approximate surface area is 121 Å². The van der Waals surface area contributed by atoms with Gasteiger partial charge in [0.25, 0.3) is 0 Å². The molecule has 0 atom stereocenters. The summed E-state index contributed by atoms with van der Waals surface area (Å²) in [6.45, 7) is 2.69. The van der Waals surface area contributed by atoms with Gasteiger partial charge in [-0.2, -0.15) is 0 Å². The molecule has 0 heterocycles. The Morgan fingerprint density at radius 1 is 1.35 bits per heavy atom. The summed E-state index contributed by atoms with van der Waals surface area (Å²) in [5.41, 5.74) is 0.858. The summed E-state index contributed by atoms with van der Waals surface area (Å²) in [5, 5.41) is 3.35. The van der Waals surface area contributed by atoms with Crippen molar-refractivity contribution in [1.29, 1.82) is 0 Å². The molecule has 1 N–H and O–H groups in total. The van der Waals surface area contributed by atoms with Crippen LogP contribution in [-0.4, -0.2) is 24.4 Å². The van der Waals surface area contributed by atoms with Gasteiger partial charge in [-0.25, -0.2) is 0 Å². The predicted molar refractivity (Wildman–Crippen MR) is 77.4 cm³/mol. The first kappa shape index (κ1) is 15.1.